The molecule has 0 bridgehead atoms. The summed E-state index contributed by atoms with van der Waals surface area (Å²) in [5, 5.41) is 2.88. The Morgan fingerprint density at radius 1 is 1.15 bits per heavy atom. The number of rotatable bonds is 7. The Kier molecular flexibility index (Phi) is 7.89. The molecule has 0 saturated carbocycles. The predicted molar refractivity (Wildman–Crippen MR) is 122 cm³/mol. The maximum Gasteiger partial charge on any atom is 0.340 e. The molecule has 7 nitrogen and oxygen atoms in total. The molecule has 0 aliphatic carbocycles. The van der Waals surface area contributed by atoms with E-state index < -0.39 is 5.97 Å². The Hall–Kier alpha value is -3.16. The molecule has 1 fully saturated rings. The van der Waals surface area contributed by atoms with Gasteiger partial charge in [-0.2, -0.15) is 0 Å². The van der Waals surface area contributed by atoms with Gasteiger partial charge in [0, 0.05) is 31.7 Å². The normalized spacial score (nSPS) is 14.4. The van der Waals surface area contributed by atoms with E-state index in [1.807, 2.05) is 0 Å². The number of hydrogen-bond acceptors (Lipinski definition) is 4. The summed E-state index contributed by atoms with van der Waals surface area (Å²) in [7, 11) is 0. The number of aryl methyl sites for hydroxylation is 1. The van der Waals surface area contributed by atoms with E-state index in [1.165, 1.54) is 12.1 Å². The lowest BCUT2D eigenvalue weighted by Crippen LogP contribution is -2.40. The van der Waals surface area contributed by atoms with E-state index in [1.54, 1.807) is 44.7 Å². The van der Waals surface area contributed by atoms with E-state index in [0.29, 0.717) is 48.6 Å². The van der Waals surface area contributed by atoms with Crippen LogP contribution in [0.15, 0.2) is 24.3 Å². The number of esters is 1. The molecule has 1 aromatic heterocycles. The fourth-order valence-electron chi connectivity index (χ4n) is 4.18. The first kappa shape index (κ1) is 24.5. The number of hydrogen-bond donors (Lipinski definition) is 2. The van der Waals surface area contributed by atoms with E-state index in [9.17, 15) is 18.8 Å². The molecule has 2 N–H and O–H groups in total. The average molecular weight is 458 g/mol. The maximum atomic E-state index is 13.1. The van der Waals surface area contributed by atoms with Crippen molar-refractivity contribution < 1.29 is 23.5 Å². The van der Waals surface area contributed by atoms with Gasteiger partial charge in [-0.05, 0) is 69.7 Å². The minimum Gasteiger partial charge on any atom is -0.459 e. The standard InChI is InChI=1S/C25H32FN3O4/c1-15(2)33-25(32)22-16(3)23(28-17(22)4)24(31)29-11-9-18(10-12-29)13-21(30)27-14-19-5-7-20(26)8-6-19/h5-8,15,18,28H,9-14H2,1-4H3,(H,27,30). The Bertz CT molecular complexity index is 1010. The van der Waals surface area contributed by atoms with Crippen molar-refractivity contribution in [2.75, 3.05) is 13.1 Å². The largest absolute Gasteiger partial charge is 0.459 e. The molecule has 178 valence electrons. The summed E-state index contributed by atoms with van der Waals surface area (Å²) in [6, 6.07) is 6.05. The Morgan fingerprint density at radius 3 is 2.39 bits per heavy atom. The van der Waals surface area contributed by atoms with Crippen LogP contribution in [0.25, 0.3) is 0 Å². The van der Waals surface area contributed by atoms with Crippen LogP contribution in [-0.2, 0) is 16.1 Å². The van der Waals surface area contributed by atoms with Crippen LogP contribution >= 0.6 is 0 Å². The number of halogens is 1. The number of ether oxygens (including phenoxy) is 1. The second kappa shape index (κ2) is 10.6. The predicted octanol–water partition coefficient (Wildman–Crippen LogP) is 3.89. The lowest BCUT2D eigenvalue weighted by Gasteiger charge is -2.31. The van der Waals surface area contributed by atoms with Crippen molar-refractivity contribution in [2.24, 2.45) is 5.92 Å². The average Bonchev–Trinajstić information content (AvgIpc) is 3.07. The van der Waals surface area contributed by atoms with Crippen molar-refractivity contribution in [3.05, 3.63) is 58.2 Å². The molecule has 2 amide bonds. The lowest BCUT2D eigenvalue weighted by atomic mass is 9.93. The number of benzene rings is 1. The van der Waals surface area contributed by atoms with E-state index in [4.69, 9.17) is 4.74 Å². The topological polar surface area (TPSA) is 91.5 Å². The molecule has 0 radical (unpaired) electrons. The van der Waals surface area contributed by atoms with Crippen LogP contribution in [0, 0.1) is 25.6 Å². The highest BCUT2D eigenvalue weighted by molar-refractivity contribution is 6.00. The van der Waals surface area contributed by atoms with E-state index in [0.717, 1.165) is 18.4 Å². The third-order valence-corrected chi connectivity index (χ3v) is 5.98. The van der Waals surface area contributed by atoms with Crippen molar-refractivity contribution >= 4 is 17.8 Å². The summed E-state index contributed by atoms with van der Waals surface area (Å²) in [5.74, 6) is -0.722. The molecule has 1 aliphatic heterocycles. The maximum absolute atomic E-state index is 13.1. The van der Waals surface area contributed by atoms with Gasteiger partial charge in [-0.1, -0.05) is 12.1 Å². The SMILES string of the molecule is Cc1[nH]c(C(=O)N2CCC(CC(=O)NCc3ccc(F)cc3)CC2)c(C)c1C(=O)OC(C)C. The van der Waals surface area contributed by atoms with Gasteiger partial charge in [0.05, 0.1) is 11.7 Å². The molecule has 0 unspecified atom stereocenters. The van der Waals surface area contributed by atoms with Gasteiger partial charge in [-0.25, -0.2) is 9.18 Å². The quantitative estimate of drug-likeness (QED) is 0.617. The molecule has 0 spiro atoms. The van der Waals surface area contributed by atoms with Gasteiger partial charge in [0.1, 0.15) is 11.5 Å². The number of nitrogens with one attached hydrogen (secondary N) is 2. The fraction of sp³-hybridized carbons (Fsp3) is 0.480. The number of aromatic amines is 1. The third kappa shape index (κ3) is 6.21. The number of amides is 2. The molecule has 3 rings (SSSR count). The molecular formula is C25H32FN3O4. The summed E-state index contributed by atoms with van der Waals surface area (Å²) in [6.45, 7) is 8.56. The first-order valence-corrected chi connectivity index (χ1v) is 11.4. The molecule has 33 heavy (non-hydrogen) atoms. The van der Waals surface area contributed by atoms with Gasteiger partial charge in [-0.3, -0.25) is 9.59 Å². The number of nitrogens with zero attached hydrogens (tertiary/aromatic N) is 1. The molecule has 1 saturated heterocycles. The fourth-order valence-corrected chi connectivity index (χ4v) is 4.18. The molecular weight excluding hydrogens is 425 g/mol. The van der Waals surface area contributed by atoms with Gasteiger partial charge < -0.3 is 19.9 Å². The van der Waals surface area contributed by atoms with Crippen LogP contribution in [0.5, 0.6) is 0 Å². The van der Waals surface area contributed by atoms with Crippen molar-refractivity contribution in [3.63, 3.8) is 0 Å². The van der Waals surface area contributed by atoms with Crippen LogP contribution in [0.4, 0.5) is 4.39 Å². The minimum absolute atomic E-state index is 0.0479. The second-order valence-electron chi connectivity index (χ2n) is 8.92. The van der Waals surface area contributed by atoms with Gasteiger partial charge in [0.25, 0.3) is 5.91 Å². The number of carbonyl (C=O) groups excluding carboxylic acids is 3. The van der Waals surface area contributed by atoms with Gasteiger partial charge in [0.2, 0.25) is 5.91 Å². The number of carbonyl (C=O) groups is 3. The first-order chi connectivity index (χ1) is 15.7. The van der Waals surface area contributed by atoms with Crippen LogP contribution in [0.3, 0.4) is 0 Å². The highest BCUT2D eigenvalue weighted by Gasteiger charge is 2.29. The summed E-state index contributed by atoms with van der Waals surface area (Å²) < 4.78 is 18.3. The summed E-state index contributed by atoms with van der Waals surface area (Å²) in [4.78, 5) is 42.6. The summed E-state index contributed by atoms with van der Waals surface area (Å²) in [5.41, 5.74) is 2.90. The van der Waals surface area contributed by atoms with Gasteiger partial charge >= 0.3 is 5.97 Å². The number of piperidine rings is 1. The molecule has 2 heterocycles. The highest BCUT2D eigenvalue weighted by atomic mass is 19.1. The van der Waals surface area contributed by atoms with Gasteiger partial charge in [-0.15, -0.1) is 0 Å². The van der Waals surface area contributed by atoms with Crippen LogP contribution in [0.1, 0.15) is 70.8 Å². The van der Waals surface area contributed by atoms with Crippen molar-refractivity contribution in [1.82, 2.24) is 15.2 Å². The summed E-state index contributed by atoms with van der Waals surface area (Å²) in [6.07, 6.45) is 1.62. The smallest absolute Gasteiger partial charge is 0.340 e. The molecule has 2 aromatic rings. The second-order valence-corrected chi connectivity index (χ2v) is 8.92. The van der Waals surface area contributed by atoms with Crippen LogP contribution in [-0.4, -0.2) is 46.9 Å². The molecule has 8 heteroatoms. The molecule has 1 aliphatic rings. The minimum atomic E-state index is -0.430. The zero-order valence-electron chi connectivity index (χ0n) is 19.7. The molecule has 1 aromatic carbocycles. The van der Waals surface area contributed by atoms with Crippen molar-refractivity contribution in [3.8, 4) is 0 Å². The zero-order valence-corrected chi connectivity index (χ0v) is 19.7. The number of aromatic nitrogens is 1. The van der Waals surface area contributed by atoms with Crippen LogP contribution in [0.2, 0.25) is 0 Å². The third-order valence-electron chi connectivity index (χ3n) is 5.98. The Morgan fingerprint density at radius 2 is 1.79 bits per heavy atom. The Balaban J connectivity index is 1.51. The Labute approximate surface area is 193 Å². The first-order valence-electron chi connectivity index (χ1n) is 11.4. The monoisotopic (exact) mass is 457 g/mol. The number of likely N-dealkylation sites (tertiary alicyclic amines) is 1. The van der Waals surface area contributed by atoms with E-state index in [2.05, 4.69) is 10.3 Å². The van der Waals surface area contributed by atoms with Crippen molar-refractivity contribution in [2.45, 2.75) is 59.6 Å². The van der Waals surface area contributed by atoms with Gasteiger partial charge in [0.15, 0.2) is 0 Å². The number of H-pyrrole nitrogens is 1. The molecule has 0 atom stereocenters. The van der Waals surface area contributed by atoms with E-state index in [-0.39, 0.29) is 29.7 Å². The summed E-state index contributed by atoms with van der Waals surface area (Å²) >= 11 is 0. The van der Waals surface area contributed by atoms with E-state index >= 15 is 0 Å². The lowest BCUT2D eigenvalue weighted by molar-refractivity contribution is -0.122. The zero-order chi connectivity index (χ0) is 24.1. The van der Waals surface area contributed by atoms with Crippen molar-refractivity contribution in [1.29, 1.82) is 0 Å². The highest BCUT2D eigenvalue weighted by Crippen LogP contribution is 2.25. The van der Waals surface area contributed by atoms with Crippen LogP contribution < -0.4 is 5.32 Å².